The topological polar surface area (TPSA) is 26.3 Å². The molecule has 0 amide bonds. The lowest BCUT2D eigenvalue weighted by atomic mass is 9.66. The van der Waals surface area contributed by atoms with Crippen LogP contribution in [-0.2, 0) is 33.2 Å². The second-order valence-electron chi connectivity index (χ2n) is 21.9. The lowest BCUT2D eigenvalue weighted by molar-refractivity contribution is -0.140. The van der Waals surface area contributed by atoms with E-state index in [1.54, 1.807) is 171 Å². The Balaban J connectivity index is 1.11. The Morgan fingerprint density at radius 3 is 2.32 bits per heavy atom. The maximum Gasteiger partial charge on any atom is 0.305 e. The highest BCUT2D eigenvalue weighted by molar-refractivity contribution is 6.60. The number of hydrogen-bond acceptors (Lipinski definition) is 2. The number of ether oxygens (including phenoxy) is 1. The molecule has 11 aromatic rings. The molecule has 2 fully saturated rings. The van der Waals surface area contributed by atoms with Gasteiger partial charge in [0.1, 0.15) is 0 Å². The molecule has 11 aromatic carbocycles. The Bertz CT molecular complexity index is 4600. The van der Waals surface area contributed by atoms with Crippen LogP contribution in [0.25, 0.3) is 114 Å². The lowest BCUT2D eigenvalue weighted by Gasteiger charge is -2.35. The molecule has 2 saturated carbocycles. The smallest absolute Gasteiger partial charge is 0.305 e. The highest BCUT2D eigenvalue weighted by Gasteiger charge is 2.96. The maximum atomic E-state index is 13.2. The van der Waals surface area contributed by atoms with Gasteiger partial charge in [0.25, 0.3) is 0 Å². The summed E-state index contributed by atoms with van der Waals surface area (Å²) in [4.78, 5) is 13.2. The van der Waals surface area contributed by atoms with Crippen molar-refractivity contribution in [2.45, 2.75) is 54.8 Å². The van der Waals surface area contributed by atoms with E-state index in [-0.39, 0.29) is 28.1 Å². The number of esters is 1. The minimum atomic E-state index is -0.205. The van der Waals surface area contributed by atoms with Crippen molar-refractivity contribution < 1.29 is 9.53 Å². The Morgan fingerprint density at radius 2 is 1.45 bits per heavy atom. The van der Waals surface area contributed by atoms with E-state index in [4.69, 9.17) is 4.74 Å². The SMILES string of the molecule is COC(=O)CCCC1(c2ccccc2)C23C4=C5C=CC6c7c5c2c2c5c8c9c%10c%11c%12c(cc%13cc%14c%15c%16c(cc6c6c7c2c8c(c6%16)c2c%15c%13c%12c92)C%14)CC%11=CC2C%10C=5C13C2C=C4. The van der Waals surface area contributed by atoms with Crippen molar-refractivity contribution in [1.82, 2.24) is 0 Å². The summed E-state index contributed by atoms with van der Waals surface area (Å²) in [7, 11) is 1.56. The molecule has 11 aliphatic rings. The molecular weight excluding hydrogens is 753 g/mol. The van der Waals surface area contributed by atoms with Gasteiger partial charge in [-0.15, -0.1) is 0 Å². The van der Waals surface area contributed by atoms with Crippen LogP contribution in [0.4, 0.5) is 0 Å². The second-order valence-corrected chi connectivity index (χ2v) is 21.9. The average molecular weight is 783 g/mol. The van der Waals surface area contributed by atoms with E-state index in [1.165, 1.54) is 16.5 Å². The highest BCUT2D eigenvalue weighted by atomic mass is 16.5. The first kappa shape index (κ1) is 28.2. The molecule has 0 saturated heterocycles. The van der Waals surface area contributed by atoms with Gasteiger partial charge in [0, 0.05) is 34.5 Å². The minimum absolute atomic E-state index is 0.0847. The van der Waals surface area contributed by atoms with Crippen molar-refractivity contribution in [2.24, 2.45) is 17.3 Å². The fraction of sp³-hybridized carbons (Fsp3) is 0.217. The molecule has 62 heavy (non-hydrogen) atoms. The Morgan fingerprint density at radius 1 is 0.710 bits per heavy atom. The zero-order valence-electron chi connectivity index (χ0n) is 33.7. The molecular formula is C60H30O2. The second kappa shape index (κ2) is 7.47. The summed E-state index contributed by atoms with van der Waals surface area (Å²) in [5.74, 6) is 1.27. The van der Waals surface area contributed by atoms with Crippen LogP contribution in [0.2, 0.25) is 0 Å². The number of rotatable bonds is 5. The van der Waals surface area contributed by atoms with Crippen molar-refractivity contribution in [3.05, 3.63) is 145 Å². The van der Waals surface area contributed by atoms with E-state index in [9.17, 15) is 4.79 Å². The Labute approximate surface area is 352 Å². The molecule has 7 unspecified atom stereocenters. The van der Waals surface area contributed by atoms with Crippen LogP contribution in [0.1, 0.15) is 86.7 Å². The van der Waals surface area contributed by atoms with Crippen molar-refractivity contribution in [3.63, 3.8) is 0 Å². The fourth-order valence-corrected chi connectivity index (χ4v) is 20.6. The van der Waals surface area contributed by atoms with Gasteiger partial charge >= 0.3 is 5.97 Å². The molecule has 22 rings (SSSR count). The van der Waals surface area contributed by atoms with Gasteiger partial charge in [0.05, 0.1) is 7.11 Å². The van der Waals surface area contributed by atoms with Gasteiger partial charge < -0.3 is 4.74 Å². The van der Waals surface area contributed by atoms with Gasteiger partial charge in [-0.2, -0.15) is 0 Å². The number of fused-ring (bicyclic) bond motifs is 2. The number of carbonyl (C=O) groups is 1. The molecule has 7 atom stereocenters. The van der Waals surface area contributed by atoms with Crippen molar-refractivity contribution in [2.75, 3.05) is 7.11 Å². The standard InChI is InChI=1S/C60H30O2/c1-62-32(61)8-5-13-58(25-6-3-2-4-7-25)59-30-11-12-31-29-19-24-17-21-15-22-14-20-16-23-18-28-26-9-10-27(30)40-38(26)46-39(28)44-35(23)33(20)42-37(22)43-34(21)36(24)45-41(29)57(60(31,58)59)55-53-50(45)48(43)47(42)49(44)51(53)52(46)54(55)56(40)59/h2-4,6-7,9-12,14-15,18-19,26,29,31,41H,5,8,13,16-17H2,1H3. The summed E-state index contributed by atoms with van der Waals surface area (Å²) in [6.07, 6.45) is 17.9. The predicted molar refractivity (Wildman–Crippen MR) is 248 cm³/mol. The normalized spacial score (nSPS) is 31.2. The van der Waals surface area contributed by atoms with Gasteiger partial charge in [0.2, 0.25) is 0 Å². The van der Waals surface area contributed by atoms with Crippen LogP contribution in [0.5, 0.6) is 0 Å². The average Bonchev–Trinajstić information content (AvgIpc) is 4.05. The van der Waals surface area contributed by atoms with Crippen LogP contribution < -0.4 is 5.22 Å². The summed E-state index contributed by atoms with van der Waals surface area (Å²) in [5, 5.41) is 30.6. The third kappa shape index (κ3) is 1.94. The summed E-state index contributed by atoms with van der Waals surface area (Å²) < 4.78 is 5.39. The zero-order valence-corrected chi connectivity index (χ0v) is 33.7. The van der Waals surface area contributed by atoms with Gasteiger partial charge in [-0.05, 0) is 218 Å². The van der Waals surface area contributed by atoms with Crippen LogP contribution in [0.15, 0.2) is 84.5 Å². The number of benzene rings is 9. The van der Waals surface area contributed by atoms with E-state index >= 15 is 0 Å². The molecule has 2 nitrogen and oxygen atoms in total. The minimum Gasteiger partial charge on any atom is -0.469 e. The predicted octanol–water partition coefficient (Wildman–Crippen LogP) is 12.2. The van der Waals surface area contributed by atoms with Crippen LogP contribution in [0.3, 0.4) is 0 Å². The first-order valence-electron chi connectivity index (χ1n) is 23.5. The summed E-state index contributed by atoms with van der Waals surface area (Å²) in [6.45, 7) is 0. The molecule has 0 radical (unpaired) electrons. The van der Waals surface area contributed by atoms with Crippen molar-refractivity contribution in [1.29, 1.82) is 0 Å². The molecule has 282 valence electrons. The van der Waals surface area contributed by atoms with Crippen LogP contribution in [-0.4, -0.2) is 13.1 Å². The third-order valence-electron chi connectivity index (χ3n) is 21.1. The molecule has 11 aliphatic carbocycles. The molecule has 0 aliphatic heterocycles. The number of allylic oxidation sites excluding steroid dienone is 8. The summed E-state index contributed by atoms with van der Waals surface area (Å²) in [5.41, 5.74) is 22.0. The van der Waals surface area contributed by atoms with Gasteiger partial charge in [0.15, 0.2) is 0 Å². The first-order chi connectivity index (χ1) is 30.7. The maximum absolute atomic E-state index is 13.2. The lowest BCUT2D eigenvalue weighted by Crippen LogP contribution is -2.33. The molecule has 0 N–H and O–H groups in total. The molecule has 0 heterocycles. The van der Waals surface area contributed by atoms with Crippen molar-refractivity contribution in [3.8, 4) is 0 Å². The van der Waals surface area contributed by atoms with Crippen LogP contribution >= 0.6 is 0 Å². The number of methoxy groups -OCH3 is 1. The van der Waals surface area contributed by atoms with E-state index in [1.807, 2.05) is 0 Å². The van der Waals surface area contributed by atoms with E-state index in [0.717, 1.165) is 25.7 Å². The van der Waals surface area contributed by atoms with Crippen molar-refractivity contribution >= 4 is 120 Å². The van der Waals surface area contributed by atoms with Gasteiger partial charge in [-0.3, -0.25) is 4.79 Å². The molecule has 2 spiro atoms. The Hall–Kier alpha value is -6.51. The molecule has 2 heteroatoms. The van der Waals surface area contributed by atoms with Crippen LogP contribution in [0, 0.1) is 17.3 Å². The summed E-state index contributed by atoms with van der Waals surface area (Å²) >= 11 is 0. The monoisotopic (exact) mass is 782 g/mol. The van der Waals surface area contributed by atoms with E-state index in [2.05, 4.69) is 78.9 Å². The summed E-state index contributed by atoms with van der Waals surface area (Å²) in [6, 6.07) is 19.9. The van der Waals surface area contributed by atoms with Gasteiger partial charge in [-0.1, -0.05) is 78.9 Å². The van der Waals surface area contributed by atoms with Gasteiger partial charge in [-0.25, -0.2) is 0 Å². The first-order valence-corrected chi connectivity index (χ1v) is 23.5. The molecule has 0 aromatic heterocycles. The Kier molecular flexibility index (Phi) is 3.39. The van der Waals surface area contributed by atoms with E-state index in [0.29, 0.717) is 24.2 Å². The fourth-order valence-electron chi connectivity index (χ4n) is 20.6. The highest BCUT2D eigenvalue weighted by Crippen LogP contribution is 2.98. The third-order valence-corrected chi connectivity index (χ3v) is 21.1. The molecule has 0 bridgehead atoms. The zero-order chi connectivity index (χ0) is 38.9. The quantitative estimate of drug-likeness (QED) is 0.0987. The van der Waals surface area contributed by atoms with E-state index < -0.39 is 0 Å². The number of carbonyl (C=O) groups excluding carboxylic acids is 1. The number of hydrogen-bond donors (Lipinski definition) is 0. The largest absolute Gasteiger partial charge is 0.469 e.